The summed E-state index contributed by atoms with van der Waals surface area (Å²) in [6, 6.07) is 17.7. The molecule has 1 heterocycles. The summed E-state index contributed by atoms with van der Waals surface area (Å²) in [6.45, 7) is 5.70. The molecule has 0 radical (unpaired) electrons. The summed E-state index contributed by atoms with van der Waals surface area (Å²) in [6.07, 6.45) is 1.88. The molecule has 3 aromatic rings. The molecule has 2 aromatic carbocycles. The molecule has 3 rings (SSSR count). The number of carbonyl (C=O) groups is 2. The van der Waals surface area contributed by atoms with Gasteiger partial charge >= 0.3 is 6.09 Å². The summed E-state index contributed by atoms with van der Waals surface area (Å²) < 4.78 is 6.77. The van der Waals surface area contributed by atoms with Gasteiger partial charge in [-0.15, -0.1) is 0 Å². The van der Waals surface area contributed by atoms with Gasteiger partial charge in [-0.25, -0.2) is 9.78 Å². The van der Waals surface area contributed by atoms with Crippen LogP contribution in [0.4, 0.5) is 10.5 Å². The molecule has 2 amide bonds. The highest BCUT2D eigenvalue weighted by Gasteiger charge is 2.24. The molecule has 0 saturated carbocycles. The number of aromatic nitrogens is 2. The normalized spacial score (nSPS) is 12.0. The van der Waals surface area contributed by atoms with E-state index in [1.165, 1.54) is 28.1 Å². The maximum atomic E-state index is 12.8. The average Bonchev–Trinajstić information content (AvgIpc) is 2.83. The Labute approximate surface area is 210 Å². The lowest BCUT2D eigenvalue weighted by Crippen LogP contribution is -2.40. The van der Waals surface area contributed by atoms with E-state index < -0.39 is 17.8 Å². The van der Waals surface area contributed by atoms with Crippen molar-refractivity contribution >= 4 is 17.7 Å². The molecular weight excluding hydrogens is 460 g/mol. The highest BCUT2D eigenvalue weighted by Crippen LogP contribution is 2.18. The van der Waals surface area contributed by atoms with Crippen LogP contribution in [0.3, 0.4) is 0 Å². The number of amides is 2. The number of nitrogens with one attached hydrogen (secondary N) is 1. The van der Waals surface area contributed by atoms with Gasteiger partial charge in [0.1, 0.15) is 12.1 Å². The van der Waals surface area contributed by atoms with Crippen molar-refractivity contribution in [3.8, 4) is 0 Å². The first-order chi connectivity index (χ1) is 17.1. The Morgan fingerprint density at radius 2 is 1.78 bits per heavy atom. The molecule has 9 heteroatoms. The van der Waals surface area contributed by atoms with Crippen molar-refractivity contribution in [3.63, 3.8) is 0 Å². The molecule has 36 heavy (non-hydrogen) atoms. The first kappa shape index (κ1) is 26.6. The molecule has 1 atom stereocenters. The summed E-state index contributed by atoms with van der Waals surface area (Å²) in [4.78, 5) is 42.2. The lowest BCUT2D eigenvalue weighted by atomic mass is 10.1. The largest absolute Gasteiger partial charge is 0.444 e. The molecular formula is C27H32N4O5. The second-order valence-corrected chi connectivity index (χ2v) is 9.39. The fourth-order valence-electron chi connectivity index (χ4n) is 3.44. The molecule has 9 nitrogen and oxygen atoms in total. The molecule has 2 N–H and O–H groups in total. The predicted molar refractivity (Wildman–Crippen MR) is 136 cm³/mol. The van der Waals surface area contributed by atoms with Gasteiger partial charge in [0.15, 0.2) is 0 Å². The van der Waals surface area contributed by atoms with E-state index in [1.54, 1.807) is 32.9 Å². The fourth-order valence-corrected chi connectivity index (χ4v) is 3.44. The Kier molecular flexibility index (Phi) is 8.97. The van der Waals surface area contributed by atoms with Crippen molar-refractivity contribution in [1.29, 1.82) is 0 Å². The van der Waals surface area contributed by atoms with E-state index in [4.69, 9.17) is 4.74 Å². The van der Waals surface area contributed by atoms with Crippen LogP contribution in [0.25, 0.3) is 0 Å². The minimum Gasteiger partial charge on any atom is -0.444 e. The molecule has 1 aromatic heterocycles. The Hall–Kier alpha value is -3.98. The van der Waals surface area contributed by atoms with Gasteiger partial charge in [0.25, 0.3) is 5.56 Å². The predicted octanol–water partition coefficient (Wildman–Crippen LogP) is 3.40. The summed E-state index contributed by atoms with van der Waals surface area (Å²) in [7, 11) is 0. The van der Waals surface area contributed by atoms with E-state index in [0.717, 1.165) is 11.1 Å². The molecule has 0 bridgehead atoms. The first-order valence-corrected chi connectivity index (χ1v) is 11.7. The van der Waals surface area contributed by atoms with Gasteiger partial charge in [0.05, 0.1) is 19.0 Å². The van der Waals surface area contributed by atoms with Crippen LogP contribution >= 0.6 is 0 Å². The minimum atomic E-state index is -0.844. The number of ether oxygens (including phenoxy) is 1. The van der Waals surface area contributed by atoms with E-state index in [-0.39, 0.29) is 24.6 Å². The number of nitrogens with zero attached hydrogens (tertiary/aromatic N) is 3. The number of anilines is 1. The lowest BCUT2D eigenvalue weighted by molar-refractivity contribution is -0.116. The van der Waals surface area contributed by atoms with Crippen molar-refractivity contribution in [3.05, 3.63) is 94.7 Å². The van der Waals surface area contributed by atoms with Crippen molar-refractivity contribution in [2.75, 3.05) is 18.4 Å². The Morgan fingerprint density at radius 3 is 2.42 bits per heavy atom. The monoisotopic (exact) mass is 492 g/mol. The maximum absolute atomic E-state index is 12.8. The van der Waals surface area contributed by atoms with Crippen LogP contribution in [0.5, 0.6) is 0 Å². The van der Waals surface area contributed by atoms with Gasteiger partial charge in [-0.2, -0.15) is 0 Å². The summed E-state index contributed by atoms with van der Waals surface area (Å²) in [5, 5.41) is 13.4. The van der Waals surface area contributed by atoms with Gasteiger partial charge in [0, 0.05) is 24.5 Å². The van der Waals surface area contributed by atoms with Gasteiger partial charge < -0.3 is 20.1 Å². The number of hydrogen-bond donors (Lipinski definition) is 2. The fraction of sp³-hybridized carbons (Fsp3) is 0.333. The van der Waals surface area contributed by atoms with Gasteiger partial charge in [-0.3, -0.25) is 14.2 Å². The standard InChI is InChI=1S/C27H32N4O5/c1-27(2,3)36-26(35)30(17-23(32)21-7-5-4-6-8-21)16-14-20-9-11-22(12-10-20)29-24(33)18-31-19-28-15-13-25(31)34/h4-13,15,19,23,32H,14,16-18H2,1-3H3,(H,29,33)/t23-/m0/s1. The van der Waals surface area contributed by atoms with E-state index >= 15 is 0 Å². The topological polar surface area (TPSA) is 114 Å². The molecule has 0 spiro atoms. The smallest absolute Gasteiger partial charge is 0.410 e. The summed E-state index contributed by atoms with van der Waals surface area (Å²) in [5.74, 6) is -0.344. The molecule has 0 fully saturated rings. The number of hydrogen-bond acceptors (Lipinski definition) is 6. The van der Waals surface area contributed by atoms with Crippen LogP contribution in [0, 0.1) is 0 Å². The average molecular weight is 493 g/mol. The Balaban J connectivity index is 1.60. The molecule has 0 aliphatic heterocycles. The van der Waals surface area contributed by atoms with Gasteiger partial charge in [0.2, 0.25) is 5.91 Å². The summed E-state index contributed by atoms with van der Waals surface area (Å²) >= 11 is 0. The Morgan fingerprint density at radius 1 is 1.08 bits per heavy atom. The van der Waals surface area contributed by atoms with Crippen LogP contribution in [-0.2, 0) is 22.5 Å². The second kappa shape index (κ2) is 12.1. The zero-order valence-corrected chi connectivity index (χ0v) is 20.8. The third kappa shape index (κ3) is 8.35. The van der Waals surface area contributed by atoms with Crippen molar-refractivity contribution < 1.29 is 19.4 Å². The minimum absolute atomic E-state index is 0.0980. The van der Waals surface area contributed by atoms with Crippen molar-refractivity contribution in [2.24, 2.45) is 0 Å². The quantitative estimate of drug-likeness (QED) is 0.473. The van der Waals surface area contributed by atoms with Crippen molar-refractivity contribution in [2.45, 2.75) is 45.4 Å². The maximum Gasteiger partial charge on any atom is 0.410 e. The van der Waals surface area contributed by atoms with Crippen LogP contribution in [0.1, 0.15) is 38.0 Å². The number of carbonyl (C=O) groups excluding carboxylic acids is 2. The first-order valence-electron chi connectivity index (χ1n) is 11.7. The van der Waals surface area contributed by atoms with E-state index in [2.05, 4.69) is 10.3 Å². The number of aliphatic hydroxyl groups excluding tert-OH is 1. The zero-order chi connectivity index (χ0) is 26.1. The highest BCUT2D eigenvalue weighted by molar-refractivity contribution is 5.90. The van der Waals surface area contributed by atoms with E-state index in [1.807, 2.05) is 42.5 Å². The molecule has 0 aliphatic rings. The molecule has 0 aliphatic carbocycles. The number of rotatable bonds is 9. The SMILES string of the molecule is CC(C)(C)OC(=O)N(CCc1ccc(NC(=O)Cn2cnccc2=O)cc1)C[C@H](O)c1ccccc1. The molecule has 190 valence electrons. The van der Waals surface area contributed by atoms with E-state index in [0.29, 0.717) is 18.7 Å². The number of aliphatic hydroxyl groups is 1. The summed E-state index contributed by atoms with van der Waals surface area (Å²) in [5.41, 5.74) is 1.29. The second-order valence-electron chi connectivity index (χ2n) is 9.39. The van der Waals surface area contributed by atoms with Crippen LogP contribution in [-0.4, -0.2) is 50.2 Å². The van der Waals surface area contributed by atoms with Crippen LogP contribution in [0.2, 0.25) is 0 Å². The Bertz CT molecular complexity index is 1200. The third-order valence-corrected chi connectivity index (χ3v) is 5.24. The number of benzene rings is 2. The molecule has 0 saturated heterocycles. The van der Waals surface area contributed by atoms with Crippen LogP contribution < -0.4 is 10.9 Å². The lowest BCUT2D eigenvalue weighted by Gasteiger charge is -2.29. The van der Waals surface area contributed by atoms with Crippen LogP contribution in [0.15, 0.2) is 78.0 Å². The van der Waals surface area contributed by atoms with E-state index in [9.17, 15) is 19.5 Å². The van der Waals surface area contributed by atoms with Crippen molar-refractivity contribution in [1.82, 2.24) is 14.5 Å². The zero-order valence-electron chi connectivity index (χ0n) is 20.8. The highest BCUT2D eigenvalue weighted by atomic mass is 16.6. The third-order valence-electron chi connectivity index (χ3n) is 5.24. The van der Waals surface area contributed by atoms with Gasteiger partial charge in [-0.1, -0.05) is 42.5 Å². The van der Waals surface area contributed by atoms with Gasteiger partial charge in [-0.05, 0) is 50.5 Å². The molecule has 0 unspecified atom stereocenters.